The van der Waals surface area contributed by atoms with Gasteiger partial charge in [0.1, 0.15) is 0 Å². The van der Waals surface area contributed by atoms with Crippen LogP contribution in [0.4, 0.5) is 0 Å². The monoisotopic (exact) mass is 197 g/mol. The molecule has 76 valence electrons. The van der Waals surface area contributed by atoms with Crippen molar-refractivity contribution in [2.75, 3.05) is 0 Å². The maximum absolute atomic E-state index is 4.59. The van der Waals surface area contributed by atoms with Crippen molar-refractivity contribution in [2.24, 2.45) is 0 Å². The molecule has 0 saturated carbocycles. The van der Waals surface area contributed by atoms with Gasteiger partial charge in [0.25, 0.3) is 0 Å². The maximum atomic E-state index is 4.59. The summed E-state index contributed by atoms with van der Waals surface area (Å²) in [5.41, 5.74) is 3.64. The molecule has 0 saturated heterocycles. The van der Waals surface area contributed by atoms with Crippen LogP contribution >= 0.6 is 0 Å². The molecule has 0 aliphatic rings. The van der Waals surface area contributed by atoms with Crippen LogP contribution in [-0.2, 0) is 12.8 Å². The van der Waals surface area contributed by atoms with Crippen LogP contribution in [0.3, 0.4) is 0 Å². The van der Waals surface area contributed by atoms with Crippen LogP contribution in [0.25, 0.3) is 0 Å². The molecule has 1 aromatic heterocycles. The van der Waals surface area contributed by atoms with Gasteiger partial charge in [-0.15, -0.1) is 0 Å². The van der Waals surface area contributed by atoms with E-state index < -0.39 is 0 Å². The molecule has 1 aromatic carbocycles. The summed E-state index contributed by atoms with van der Waals surface area (Å²) in [7, 11) is 0. The molecule has 0 bridgehead atoms. The number of hydrogen-bond acceptors (Lipinski definition) is 1. The van der Waals surface area contributed by atoms with E-state index in [0.717, 1.165) is 18.5 Å². The molecule has 1 nitrogen and oxygen atoms in total. The average molecular weight is 197 g/mol. The molecule has 15 heavy (non-hydrogen) atoms. The minimum Gasteiger partial charge on any atom is -0.258 e. The summed E-state index contributed by atoms with van der Waals surface area (Å²) in [6, 6.07) is 16.7. The highest BCUT2D eigenvalue weighted by atomic mass is 14.7. The summed E-state index contributed by atoms with van der Waals surface area (Å²) in [6.45, 7) is 2.13. The Balaban J connectivity index is 2.17. The average Bonchev–Trinajstić information content (AvgIpc) is 2.31. The predicted molar refractivity (Wildman–Crippen MR) is 62.9 cm³/mol. The van der Waals surface area contributed by atoms with Gasteiger partial charge in [0.2, 0.25) is 0 Å². The first kappa shape index (κ1) is 9.91. The lowest BCUT2D eigenvalue weighted by molar-refractivity contribution is 0.971. The van der Waals surface area contributed by atoms with Crippen LogP contribution in [-0.4, -0.2) is 4.98 Å². The Morgan fingerprint density at radius 3 is 2.33 bits per heavy atom. The van der Waals surface area contributed by atoms with Gasteiger partial charge in [-0.25, -0.2) is 0 Å². The standard InChI is InChI=1S/C14H15N/c1-2-13-9-6-10-14(15-13)11-12-7-4-3-5-8-12/h3-10H,2,11H2,1H3. The normalized spacial score (nSPS) is 10.2. The summed E-state index contributed by atoms with van der Waals surface area (Å²) >= 11 is 0. The first-order valence-electron chi connectivity index (χ1n) is 5.37. The van der Waals surface area contributed by atoms with E-state index in [1.54, 1.807) is 0 Å². The van der Waals surface area contributed by atoms with Crippen LogP contribution in [0.2, 0.25) is 0 Å². The van der Waals surface area contributed by atoms with E-state index in [1.165, 1.54) is 11.3 Å². The van der Waals surface area contributed by atoms with E-state index in [-0.39, 0.29) is 0 Å². The van der Waals surface area contributed by atoms with Gasteiger partial charge in [-0.1, -0.05) is 43.3 Å². The van der Waals surface area contributed by atoms with Crippen LogP contribution in [0.15, 0.2) is 48.5 Å². The summed E-state index contributed by atoms with van der Waals surface area (Å²) in [4.78, 5) is 4.59. The molecule has 0 amide bonds. The Bertz CT molecular complexity index is 420. The Morgan fingerprint density at radius 1 is 0.867 bits per heavy atom. The van der Waals surface area contributed by atoms with Crippen LogP contribution < -0.4 is 0 Å². The van der Waals surface area contributed by atoms with E-state index in [4.69, 9.17) is 0 Å². The van der Waals surface area contributed by atoms with Gasteiger partial charge >= 0.3 is 0 Å². The highest BCUT2D eigenvalue weighted by Crippen LogP contribution is 2.07. The number of hydrogen-bond donors (Lipinski definition) is 0. The molecule has 1 heterocycles. The van der Waals surface area contributed by atoms with Crippen LogP contribution in [0, 0.1) is 0 Å². The fourth-order valence-electron chi connectivity index (χ4n) is 1.63. The quantitative estimate of drug-likeness (QED) is 0.736. The van der Waals surface area contributed by atoms with Crippen molar-refractivity contribution < 1.29 is 0 Å². The Kier molecular flexibility index (Phi) is 3.13. The van der Waals surface area contributed by atoms with Crippen molar-refractivity contribution in [1.29, 1.82) is 0 Å². The smallest absolute Gasteiger partial charge is 0.0450 e. The van der Waals surface area contributed by atoms with Gasteiger partial charge in [0.15, 0.2) is 0 Å². The molecule has 0 atom stereocenters. The minimum absolute atomic E-state index is 0.925. The fourth-order valence-corrected chi connectivity index (χ4v) is 1.63. The number of benzene rings is 1. The van der Waals surface area contributed by atoms with Crippen molar-refractivity contribution >= 4 is 0 Å². The SMILES string of the molecule is CCc1cccc(Cc2ccccc2)n1. The van der Waals surface area contributed by atoms with E-state index in [0.29, 0.717) is 0 Å². The topological polar surface area (TPSA) is 12.9 Å². The maximum Gasteiger partial charge on any atom is 0.0450 e. The molecule has 0 radical (unpaired) electrons. The third-order valence-corrected chi connectivity index (χ3v) is 2.45. The second kappa shape index (κ2) is 4.74. The largest absolute Gasteiger partial charge is 0.258 e. The number of pyridine rings is 1. The van der Waals surface area contributed by atoms with Gasteiger partial charge in [0.05, 0.1) is 0 Å². The third kappa shape index (κ3) is 2.66. The molecular weight excluding hydrogens is 182 g/mol. The Hall–Kier alpha value is -1.63. The zero-order valence-corrected chi connectivity index (χ0v) is 8.98. The zero-order valence-electron chi connectivity index (χ0n) is 8.98. The lowest BCUT2D eigenvalue weighted by Gasteiger charge is -2.02. The summed E-state index contributed by atoms with van der Waals surface area (Å²) in [5.74, 6) is 0. The fraction of sp³-hybridized carbons (Fsp3) is 0.214. The van der Waals surface area contributed by atoms with Gasteiger partial charge in [-0.3, -0.25) is 4.98 Å². The third-order valence-electron chi connectivity index (χ3n) is 2.45. The molecule has 0 aliphatic heterocycles. The zero-order chi connectivity index (χ0) is 10.5. The number of rotatable bonds is 3. The molecular formula is C14H15N. The molecule has 0 spiro atoms. The lowest BCUT2D eigenvalue weighted by Crippen LogP contribution is -1.95. The van der Waals surface area contributed by atoms with Gasteiger partial charge in [-0.2, -0.15) is 0 Å². The first-order chi connectivity index (χ1) is 7.38. The van der Waals surface area contributed by atoms with E-state index in [9.17, 15) is 0 Å². The van der Waals surface area contributed by atoms with E-state index >= 15 is 0 Å². The van der Waals surface area contributed by atoms with Gasteiger partial charge < -0.3 is 0 Å². The molecule has 2 aromatic rings. The minimum atomic E-state index is 0.925. The molecule has 1 heteroatoms. The molecule has 0 aliphatic carbocycles. The van der Waals surface area contributed by atoms with E-state index in [2.05, 4.69) is 54.4 Å². The van der Waals surface area contributed by atoms with Crippen LogP contribution in [0.5, 0.6) is 0 Å². The number of aryl methyl sites for hydroxylation is 1. The van der Waals surface area contributed by atoms with Crippen molar-refractivity contribution in [3.63, 3.8) is 0 Å². The van der Waals surface area contributed by atoms with Gasteiger partial charge in [-0.05, 0) is 24.1 Å². The lowest BCUT2D eigenvalue weighted by atomic mass is 10.1. The highest BCUT2D eigenvalue weighted by molar-refractivity contribution is 5.22. The van der Waals surface area contributed by atoms with Crippen molar-refractivity contribution in [3.8, 4) is 0 Å². The van der Waals surface area contributed by atoms with Crippen molar-refractivity contribution in [1.82, 2.24) is 4.98 Å². The second-order valence-electron chi connectivity index (χ2n) is 3.64. The van der Waals surface area contributed by atoms with Gasteiger partial charge in [0, 0.05) is 17.8 Å². The first-order valence-corrected chi connectivity index (χ1v) is 5.37. The van der Waals surface area contributed by atoms with E-state index in [1.807, 2.05) is 6.07 Å². The highest BCUT2D eigenvalue weighted by Gasteiger charge is 1.97. The Morgan fingerprint density at radius 2 is 1.60 bits per heavy atom. The molecule has 0 fully saturated rings. The molecule has 2 rings (SSSR count). The van der Waals surface area contributed by atoms with Crippen molar-refractivity contribution in [3.05, 3.63) is 65.5 Å². The predicted octanol–water partition coefficient (Wildman–Crippen LogP) is 3.23. The number of aromatic nitrogens is 1. The Labute approximate surface area is 90.8 Å². The summed E-state index contributed by atoms with van der Waals surface area (Å²) < 4.78 is 0. The molecule has 0 N–H and O–H groups in total. The van der Waals surface area contributed by atoms with Crippen molar-refractivity contribution in [2.45, 2.75) is 19.8 Å². The molecule has 0 unspecified atom stereocenters. The second-order valence-corrected chi connectivity index (χ2v) is 3.64. The van der Waals surface area contributed by atoms with Crippen LogP contribution in [0.1, 0.15) is 23.9 Å². The number of nitrogens with zero attached hydrogens (tertiary/aromatic N) is 1. The summed E-state index contributed by atoms with van der Waals surface area (Å²) in [5, 5.41) is 0. The summed E-state index contributed by atoms with van der Waals surface area (Å²) in [6.07, 6.45) is 1.93.